The van der Waals surface area contributed by atoms with E-state index >= 15 is 0 Å². The summed E-state index contributed by atoms with van der Waals surface area (Å²) in [5.41, 5.74) is 0. The van der Waals surface area contributed by atoms with Crippen molar-refractivity contribution in [2.24, 2.45) is 0 Å². The maximum absolute atomic E-state index is 11.3. The number of ether oxygens (including phenoxy) is 1. The first-order valence-electron chi connectivity index (χ1n) is 4.24. The summed E-state index contributed by atoms with van der Waals surface area (Å²) in [5, 5.41) is 0. The number of carbonyl (C=O) groups is 2. The normalized spacial score (nSPS) is 23.2. The van der Waals surface area contributed by atoms with E-state index in [4.69, 9.17) is 4.74 Å². The van der Waals surface area contributed by atoms with E-state index in [0.29, 0.717) is 13.2 Å². The van der Waals surface area contributed by atoms with Crippen LogP contribution in [0.3, 0.4) is 0 Å². The Morgan fingerprint density at radius 2 is 2.46 bits per heavy atom. The Bertz CT molecular complexity index is 247. The molecule has 13 heavy (non-hydrogen) atoms. The van der Waals surface area contributed by atoms with Crippen LogP contribution >= 0.6 is 0 Å². The van der Waals surface area contributed by atoms with Gasteiger partial charge in [0.05, 0.1) is 6.61 Å². The molecule has 1 aliphatic rings. The van der Waals surface area contributed by atoms with Crippen molar-refractivity contribution in [2.45, 2.75) is 13.0 Å². The molecule has 4 nitrogen and oxygen atoms in total. The van der Waals surface area contributed by atoms with E-state index in [2.05, 4.69) is 0 Å². The lowest BCUT2D eigenvalue weighted by molar-refractivity contribution is -0.151. The molecule has 1 aliphatic heterocycles. The van der Waals surface area contributed by atoms with Gasteiger partial charge in [0.25, 0.3) is 0 Å². The van der Waals surface area contributed by atoms with Crippen molar-refractivity contribution in [3.05, 3.63) is 12.2 Å². The van der Waals surface area contributed by atoms with Gasteiger partial charge >= 0.3 is 5.97 Å². The highest BCUT2D eigenvalue weighted by Crippen LogP contribution is 2.07. The SMILES string of the molecule is CCOC(=O)[C@@H]1C(=O)C=CCN1C. The number of hydrogen-bond acceptors (Lipinski definition) is 4. The van der Waals surface area contributed by atoms with Gasteiger partial charge in [-0.05, 0) is 20.0 Å². The third kappa shape index (κ3) is 2.15. The zero-order chi connectivity index (χ0) is 9.84. The second-order valence-electron chi connectivity index (χ2n) is 2.90. The van der Waals surface area contributed by atoms with E-state index in [0.717, 1.165) is 0 Å². The molecule has 0 aromatic heterocycles. The summed E-state index contributed by atoms with van der Waals surface area (Å²) in [6.45, 7) is 2.64. The monoisotopic (exact) mass is 183 g/mol. The van der Waals surface area contributed by atoms with E-state index in [1.165, 1.54) is 6.08 Å². The summed E-state index contributed by atoms with van der Waals surface area (Å²) < 4.78 is 4.79. The van der Waals surface area contributed by atoms with Crippen LogP contribution in [-0.4, -0.2) is 42.9 Å². The van der Waals surface area contributed by atoms with Crippen LogP contribution in [0.4, 0.5) is 0 Å². The van der Waals surface area contributed by atoms with Gasteiger partial charge in [0.15, 0.2) is 11.8 Å². The average Bonchev–Trinajstić information content (AvgIpc) is 2.04. The summed E-state index contributed by atoms with van der Waals surface area (Å²) in [7, 11) is 1.73. The highest BCUT2D eigenvalue weighted by atomic mass is 16.5. The second kappa shape index (κ2) is 4.18. The van der Waals surface area contributed by atoms with Crippen LogP contribution in [0.5, 0.6) is 0 Å². The van der Waals surface area contributed by atoms with Gasteiger partial charge in [-0.2, -0.15) is 0 Å². The molecule has 1 rings (SSSR count). The van der Waals surface area contributed by atoms with Crippen LogP contribution in [0.1, 0.15) is 6.92 Å². The fourth-order valence-electron chi connectivity index (χ4n) is 1.27. The molecule has 4 heteroatoms. The van der Waals surface area contributed by atoms with Gasteiger partial charge in [-0.25, -0.2) is 4.79 Å². The minimum atomic E-state index is -0.745. The van der Waals surface area contributed by atoms with Crippen molar-refractivity contribution in [2.75, 3.05) is 20.2 Å². The largest absolute Gasteiger partial charge is 0.464 e. The molecule has 1 heterocycles. The summed E-state index contributed by atoms with van der Waals surface area (Å²) in [5.74, 6) is -0.661. The van der Waals surface area contributed by atoms with Gasteiger partial charge < -0.3 is 4.74 Å². The molecule has 0 radical (unpaired) electrons. The van der Waals surface area contributed by atoms with Gasteiger partial charge in [-0.1, -0.05) is 6.08 Å². The summed E-state index contributed by atoms with van der Waals surface area (Å²) in [6, 6.07) is -0.745. The number of likely N-dealkylation sites (N-methyl/N-ethyl adjacent to an activating group) is 1. The molecule has 0 unspecified atom stereocenters. The van der Waals surface area contributed by atoms with Crippen molar-refractivity contribution in [3.63, 3.8) is 0 Å². The lowest BCUT2D eigenvalue weighted by Crippen LogP contribution is -2.47. The number of ketones is 1. The molecule has 0 bridgehead atoms. The molecular formula is C9H13NO3. The first kappa shape index (κ1) is 9.92. The molecule has 0 spiro atoms. The van der Waals surface area contributed by atoms with Crippen LogP contribution in [-0.2, 0) is 14.3 Å². The molecule has 0 N–H and O–H groups in total. The Morgan fingerprint density at radius 3 is 3.00 bits per heavy atom. The number of hydrogen-bond donors (Lipinski definition) is 0. The minimum Gasteiger partial charge on any atom is -0.464 e. The standard InChI is InChI=1S/C9H13NO3/c1-3-13-9(12)8-7(11)5-4-6-10(8)2/h4-5,8H,3,6H2,1-2H3/t8-/m0/s1. The minimum absolute atomic E-state index is 0.202. The molecule has 0 saturated carbocycles. The Labute approximate surface area is 77.2 Å². The highest BCUT2D eigenvalue weighted by Gasteiger charge is 2.31. The van der Waals surface area contributed by atoms with Crippen LogP contribution in [0.2, 0.25) is 0 Å². The number of esters is 1. The number of nitrogens with zero attached hydrogens (tertiary/aromatic N) is 1. The molecular weight excluding hydrogens is 170 g/mol. The fourth-order valence-corrected chi connectivity index (χ4v) is 1.27. The van der Waals surface area contributed by atoms with Crippen LogP contribution in [0.25, 0.3) is 0 Å². The Morgan fingerprint density at radius 1 is 1.77 bits per heavy atom. The van der Waals surface area contributed by atoms with Gasteiger partial charge in [-0.3, -0.25) is 9.69 Å². The zero-order valence-electron chi connectivity index (χ0n) is 7.82. The Balaban J connectivity index is 2.71. The van der Waals surface area contributed by atoms with Crippen LogP contribution < -0.4 is 0 Å². The lowest BCUT2D eigenvalue weighted by atomic mass is 10.1. The molecule has 1 atom stereocenters. The first-order valence-corrected chi connectivity index (χ1v) is 4.24. The van der Waals surface area contributed by atoms with E-state index in [1.807, 2.05) is 0 Å². The maximum Gasteiger partial charge on any atom is 0.331 e. The predicted octanol–water partition coefficient (Wildman–Crippen LogP) is -0.0112. The van der Waals surface area contributed by atoms with Crippen molar-refractivity contribution >= 4 is 11.8 Å². The number of carbonyl (C=O) groups excluding carboxylic acids is 2. The summed E-state index contributed by atoms with van der Waals surface area (Å²) in [6.07, 6.45) is 3.17. The fraction of sp³-hybridized carbons (Fsp3) is 0.556. The molecule has 0 fully saturated rings. The molecule has 0 aromatic carbocycles. The molecule has 0 amide bonds. The van der Waals surface area contributed by atoms with Crippen LogP contribution in [0, 0.1) is 0 Å². The zero-order valence-corrected chi connectivity index (χ0v) is 7.82. The van der Waals surface area contributed by atoms with Gasteiger partial charge in [0.2, 0.25) is 0 Å². The second-order valence-corrected chi connectivity index (χ2v) is 2.90. The smallest absolute Gasteiger partial charge is 0.331 e. The van der Waals surface area contributed by atoms with Crippen molar-refractivity contribution in [1.82, 2.24) is 4.90 Å². The third-order valence-corrected chi connectivity index (χ3v) is 1.90. The molecule has 72 valence electrons. The van der Waals surface area contributed by atoms with Gasteiger partial charge in [-0.15, -0.1) is 0 Å². The van der Waals surface area contributed by atoms with Gasteiger partial charge in [0, 0.05) is 6.54 Å². The van der Waals surface area contributed by atoms with Gasteiger partial charge in [0.1, 0.15) is 0 Å². The quantitative estimate of drug-likeness (QED) is 0.446. The third-order valence-electron chi connectivity index (χ3n) is 1.90. The Kier molecular flexibility index (Phi) is 3.19. The predicted molar refractivity (Wildman–Crippen MR) is 47.2 cm³/mol. The summed E-state index contributed by atoms with van der Waals surface area (Å²) >= 11 is 0. The van der Waals surface area contributed by atoms with E-state index in [-0.39, 0.29) is 5.78 Å². The van der Waals surface area contributed by atoms with E-state index in [9.17, 15) is 9.59 Å². The summed E-state index contributed by atoms with van der Waals surface area (Å²) in [4.78, 5) is 24.3. The van der Waals surface area contributed by atoms with Crippen molar-refractivity contribution in [1.29, 1.82) is 0 Å². The van der Waals surface area contributed by atoms with E-state index in [1.54, 1.807) is 24.9 Å². The maximum atomic E-state index is 11.3. The topological polar surface area (TPSA) is 46.6 Å². The Hall–Kier alpha value is -1.16. The van der Waals surface area contributed by atoms with Crippen molar-refractivity contribution < 1.29 is 14.3 Å². The number of rotatable bonds is 2. The van der Waals surface area contributed by atoms with E-state index < -0.39 is 12.0 Å². The highest BCUT2D eigenvalue weighted by molar-refractivity contribution is 6.09. The molecule has 0 saturated heterocycles. The first-order chi connectivity index (χ1) is 6.16. The molecule has 0 aromatic rings. The lowest BCUT2D eigenvalue weighted by Gasteiger charge is -2.25. The molecule has 0 aliphatic carbocycles. The average molecular weight is 183 g/mol. The van der Waals surface area contributed by atoms with Crippen molar-refractivity contribution in [3.8, 4) is 0 Å². The van der Waals surface area contributed by atoms with Crippen LogP contribution in [0.15, 0.2) is 12.2 Å².